The summed E-state index contributed by atoms with van der Waals surface area (Å²) in [5.74, 6) is -0.622. The van der Waals surface area contributed by atoms with E-state index in [0.717, 1.165) is 22.2 Å². The number of nitrogens with zero attached hydrogens (tertiary/aromatic N) is 5. The molecule has 3 aromatic heterocycles. The molecule has 5 rings (SSSR count). The van der Waals surface area contributed by atoms with Crippen molar-refractivity contribution in [2.75, 3.05) is 7.05 Å². The van der Waals surface area contributed by atoms with Crippen LogP contribution in [0.2, 0.25) is 0 Å². The van der Waals surface area contributed by atoms with E-state index >= 15 is 0 Å². The van der Waals surface area contributed by atoms with Crippen molar-refractivity contribution in [1.29, 1.82) is 0 Å². The number of carbonyl (C=O) groups excluding carboxylic acids is 1. The molecule has 31 heavy (non-hydrogen) atoms. The zero-order valence-electron chi connectivity index (χ0n) is 16.6. The number of aromatic nitrogens is 5. The molecule has 0 fully saturated rings. The largest absolute Gasteiger partial charge is 0.355 e. The molecule has 152 valence electrons. The number of imidazole rings is 1. The Hall–Kier alpha value is -4.20. The Labute approximate surface area is 176 Å². The Bertz CT molecular complexity index is 1450. The van der Waals surface area contributed by atoms with E-state index in [1.807, 2.05) is 24.3 Å². The fraction of sp³-hybridized carbons (Fsp3) is 0.0870. The second-order valence-electron chi connectivity index (χ2n) is 7.09. The molecule has 0 spiro atoms. The van der Waals surface area contributed by atoms with Gasteiger partial charge in [0, 0.05) is 30.6 Å². The molecule has 0 saturated carbocycles. The quantitative estimate of drug-likeness (QED) is 0.489. The van der Waals surface area contributed by atoms with E-state index in [1.54, 1.807) is 29.2 Å². The average Bonchev–Trinajstić information content (AvgIpc) is 3.20. The van der Waals surface area contributed by atoms with E-state index in [-0.39, 0.29) is 5.56 Å². The predicted molar refractivity (Wildman–Crippen MR) is 114 cm³/mol. The molecule has 0 atom stereocenters. The zero-order valence-corrected chi connectivity index (χ0v) is 16.6. The molecule has 8 heteroatoms. The topological polar surface area (TPSA) is 85.1 Å². The summed E-state index contributed by atoms with van der Waals surface area (Å²) in [6.07, 6.45) is 5.69. The number of carbonyl (C=O) groups is 1. The third-order valence-electron chi connectivity index (χ3n) is 5.09. The number of rotatable bonds is 4. The maximum Gasteiger partial charge on any atom is 0.254 e. The lowest BCUT2D eigenvalue weighted by atomic mass is 10.1. The van der Waals surface area contributed by atoms with Gasteiger partial charge in [0.2, 0.25) is 0 Å². The Morgan fingerprint density at radius 3 is 2.81 bits per heavy atom. The number of amides is 1. The molecule has 0 bridgehead atoms. The molecule has 3 heterocycles. The minimum Gasteiger partial charge on any atom is -0.355 e. The number of fused-ring (bicyclic) bond motifs is 2. The van der Waals surface area contributed by atoms with Crippen LogP contribution in [0, 0.1) is 5.82 Å². The summed E-state index contributed by atoms with van der Waals surface area (Å²) in [6, 6.07) is 14.3. The van der Waals surface area contributed by atoms with Crippen molar-refractivity contribution in [1.82, 2.24) is 29.9 Å². The first kappa shape index (κ1) is 18.8. The Morgan fingerprint density at radius 1 is 1.06 bits per heavy atom. The molecule has 0 radical (unpaired) electrons. The molecular formula is C23H17FN6O. The van der Waals surface area contributed by atoms with Crippen LogP contribution in [-0.2, 0) is 6.42 Å². The smallest absolute Gasteiger partial charge is 0.254 e. The number of pyridine rings is 1. The van der Waals surface area contributed by atoms with Crippen LogP contribution in [0.15, 0.2) is 67.1 Å². The van der Waals surface area contributed by atoms with Gasteiger partial charge in [-0.1, -0.05) is 12.1 Å². The predicted octanol–water partition coefficient (Wildman–Crippen LogP) is 3.43. The van der Waals surface area contributed by atoms with Gasteiger partial charge in [-0.05, 0) is 42.0 Å². The van der Waals surface area contributed by atoms with Gasteiger partial charge >= 0.3 is 0 Å². The standard InChI is InChI=1S/C23H17FN6O/c1-25-22(31)18-11-16(5-6-19(18)24)21-13-28-23-27-12-17(30(23)29-21)10-14-4-7-20-15(9-14)3-2-8-26-20/h2-9,11-13H,10H2,1H3,(H,25,31). The molecule has 0 aliphatic carbocycles. The van der Waals surface area contributed by atoms with E-state index < -0.39 is 11.7 Å². The van der Waals surface area contributed by atoms with Gasteiger partial charge in [0.25, 0.3) is 11.7 Å². The van der Waals surface area contributed by atoms with Crippen LogP contribution >= 0.6 is 0 Å². The lowest BCUT2D eigenvalue weighted by Crippen LogP contribution is -2.19. The van der Waals surface area contributed by atoms with Crippen LogP contribution in [-0.4, -0.2) is 37.5 Å². The van der Waals surface area contributed by atoms with Gasteiger partial charge < -0.3 is 5.32 Å². The first-order chi connectivity index (χ1) is 15.1. The third-order valence-corrected chi connectivity index (χ3v) is 5.09. The average molecular weight is 412 g/mol. The van der Waals surface area contributed by atoms with E-state index in [0.29, 0.717) is 23.5 Å². The van der Waals surface area contributed by atoms with Crippen molar-refractivity contribution in [3.05, 3.63) is 89.8 Å². The van der Waals surface area contributed by atoms with Crippen LogP contribution in [0.3, 0.4) is 0 Å². The van der Waals surface area contributed by atoms with Gasteiger partial charge in [0.05, 0.1) is 29.2 Å². The van der Waals surface area contributed by atoms with Crippen molar-refractivity contribution in [3.8, 4) is 11.3 Å². The number of nitrogens with one attached hydrogen (secondary N) is 1. The maximum atomic E-state index is 14.0. The summed E-state index contributed by atoms with van der Waals surface area (Å²) < 4.78 is 15.7. The van der Waals surface area contributed by atoms with Crippen molar-refractivity contribution >= 4 is 22.6 Å². The second kappa shape index (κ2) is 7.56. The summed E-state index contributed by atoms with van der Waals surface area (Å²) >= 11 is 0. The molecule has 2 aromatic carbocycles. The van der Waals surface area contributed by atoms with Gasteiger partial charge in [-0.3, -0.25) is 9.78 Å². The highest BCUT2D eigenvalue weighted by atomic mass is 19.1. The highest BCUT2D eigenvalue weighted by Crippen LogP contribution is 2.21. The fourth-order valence-electron chi connectivity index (χ4n) is 3.51. The molecule has 1 amide bonds. The summed E-state index contributed by atoms with van der Waals surface area (Å²) in [5.41, 5.74) is 3.96. The van der Waals surface area contributed by atoms with Crippen LogP contribution in [0.25, 0.3) is 27.9 Å². The van der Waals surface area contributed by atoms with Gasteiger partial charge in [-0.15, -0.1) is 0 Å². The highest BCUT2D eigenvalue weighted by molar-refractivity contribution is 5.95. The molecule has 0 unspecified atom stereocenters. The van der Waals surface area contributed by atoms with Gasteiger partial charge in [0.15, 0.2) is 0 Å². The monoisotopic (exact) mass is 412 g/mol. The number of hydrogen-bond acceptors (Lipinski definition) is 5. The Morgan fingerprint density at radius 2 is 1.94 bits per heavy atom. The number of benzene rings is 2. The van der Waals surface area contributed by atoms with Crippen LogP contribution < -0.4 is 5.32 Å². The number of halogens is 1. The maximum absolute atomic E-state index is 14.0. The Kier molecular flexibility index (Phi) is 4.59. The highest BCUT2D eigenvalue weighted by Gasteiger charge is 2.14. The summed E-state index contributed by atoms with van der Waals surface area (Å²) in [5, 5.41) is 8.15. The summed E-state index contributed by atoms with van der Waals surface area (Å²) in [4.78, 5) is 25.0. The van der Waals surface area contributed by atoms with Crippen LogP contribution in [0.1, 0.15) is 21.6 Å². The molecule has 5 aromatic rings. The summed E-state index contributed by atoms with van der Waals surface area (Å²) in [7, 11) is 1.46. The number of hydrogen-bond donors (Lipinski definition) is 1. The van der Waals surface area contributed by atoms with Crippen molar-refractivity contribution < 1.29 is 9.18 Å². The minimum atomic E-state index is -0.591. The van der Waals surface area contributed by atoms with Crippen LogP contribution in [0.5, 0.6) is 0 Å². The third kappa shape index (κ3) is 3.48. The molecule has 0 aliphatic heterocycles. The lowest BCUT2D eigenvalue weighted by molar-refractivity contribution is 0.0959. The zero-order chi connectivity index (χ0) is 21.4. The van der Waals surface area contributed by atoms with E-state index in [2.05, 4.69) is 31.4 Å². The molecule has 0 saturated heterocycles. The van der Waals surface area contributed by atoms with Gasteiger partial charge in [0.1, 0.15) is 11.5 Å². The molecular weight excluding hydrogens is 395 g/mol. The molecule has 0 aliphatic rings. The lowest BCUT2D eigenvalue weighted by Gasteiger charge is -2.07. The van der Waals surface area contributed by atoms with E-state index in [4.69, 9.17) is 0 Å². The van der Waals surface area contributed by atoms with E-state index in [9.17, 15) is 9.18 Å². The summed E-state index contributed by atoms with van der Waals surface area (Å²) in [6.45, 7) is 0. The minimum absolute atomic E-state index is 0.0440. The normalized spacial score (nSPS) is 11.2. The second-order valence-corrected chi connectivity index (χ2v) is 7.09. The van der Waals surface area contributed by atoms with Gasteiger partial charge in [-0.2, -0.15) is 5.10 Å². The van der Waals surface area contributed by atoms with Gasteiger partial charge in [-0.25, -0.2) is 18.9 Å². The molecule has 7 nitrogen and oxygen atoms in total. The van der Waals surface area contributed by atoms with E-state index in [1.165, 1.54) is 19.2 Å². The first-order valence-electron chi connectivity index (χ1n) is 9.68. The molecule has 1 N–H and O–H groups in total. The fourth-order valence-corrected chi connectivity index (χ4v) is 3.51. The SMILES string of the molecule is CNC(=O)c1cc(-c2cnc3ncc(Cc4ccc5ncccc5c4)n3n2)ccc1F. The van der Waals surface area contributed by atoms with Crippen LogP contribution in [0.4, 0.5) is 4.39 Å². The van der Waals surface area contributed by atoms with Crippen molar-refractivity contribution in [3.63, 3.8) is 0 Å². The van der Waals surface area contributed by atoms with Crippen molar-refractivity contribution in [2.45, 2.75) is 6.42 Å². The first-order valence-corrected chi connectivity index (χ1v) is 9.68. The van der Waals surface area contributed by atoms with Crippen molar-refractivity contribution in [2.24, 2.45) is 0 Å². The Balaban J connectivity index is 1.53.